The van der Waals surface area contributed by atoms with Crippen molar-refractivity contribution in [3.8, 4) is 0 Å². The Hall–Kier alpha value is 1.87. The van der Waals surface area contributed by atoms with Crippen LogP contribution in [0.2, 0.25) is 0 Å². The molecule has 0 aliphatic heterocycles. The summed E-state index contributed by atoms with van der Waals surface area (Å²) < 4.78 is 59.2. The van der Waals surface area contributed by atoms with Gasteiger partial charge in [-0.05, 0) is 0 Å². The zero-order chi connectivity index (χ0) is 6.41. The summed E-state index contributed by atoms with van der Waals surface area (Å²) in [7, 11) is -10.7. The molecule has 0 aromatic rings. The van der Waals surface area contributed by atoms with Crippen molar-refractivity contribution in [3.63, 3.8) is 0 Å². The molecule has 0 amide bonds. The van der Waals surface area contributed by atoms with Gasteiger partial charge in [0.1, 0.15) is 0 Å². The number of hydrogen-bond donors (Lipinski definition) is 0. The fourth-order valence-corrected chi connectivity index (χ4v) is 0. The molecule has 0 aliphatic carbocycles. The predicted molar refractivity (Wildman–Crippen MR) is 22.1 cm³/mol. The molecular formula is H2CaF6LiP. The first kappa shape index (κ1) is 17.1. The summed E-state index contributed by atoms with van der Waals surface area (Å²) in [6.07, 6.45) is 0. The second kappa shape index (κ2) is 2.73. The monoisotopic (exact) mass is 194 g/mol. The third-order valence-electron chi connectivity index (χ3n) is 0. The first-order chi connectivity index (χ1) is 2.45. The second-order valence-electron chi connectivity index (χ2n) is 0.958. The standard InChI is InChI=1S/Ca.F6P.Li.2H/c;1-7(2,3,4,5)6;;;/q;-1;+1;;. The first-order valence-corrected chi connectivity index (χ1v) is 3.04. The molecule has 0 saturated heterocycles. The molecule has 0 spiro atoms. The quantitative estimate of drug-likeness (QED) is 0.276. The van der Waals surface area contributed by atoms with Gasteiger partial charge in [0.05, 0.1) is 0 Å². The van der Waals surface area contributed by atoms with E-state index in [4.69, 9.17) is 0 Å². The summed E-state index contributed by atoms with van der Waals surface area (Å²) in [5.41, 5.74) is 0. The van der Waals surface area contributed by atoms with E-state index in [0.29, 0.717) is 0 Å². The summed E-state index contributed by atoms with van der Waals surface area (Å²) in [4.78, 5) is 0. The molecule has 0 aromatic heterocycles. The maximum absolute atomic E-state index is 10.7. The van der Waals surface area contributed by atoms with Crippen molar-refractivity contribution in [2.75, 3.05) is 0 Å². The smallest absolute Gasteiger partial charge is 1.00 e. The summed E-state index contributed by atoms with van der Waals surface area (Å²) in [5, 5.41) is 0. The molecule has 0 unspecified atom stereocenters. The minimum absolute atomic E-state index is 0. The van der Waals surface area contributed by atoms with E-state index in [1.807, 2.05) is 0 Å². The van der Waals surface area contributed by atoms with Crippen molar-refractivity contribution >= 4 is 45.5 Å². The van der Waals surface area contributed by atoms with Crippen LogP contribution in [-0.2, 0) is 0 Å². The van der Waals surface area contributed by atoms with E-state index >= 15 is 0 Å². The van der Waals surface area contributed by atoms with E-state index in [9.17, 15) is 25.2 Å². The maximum Gasteiger partial charge on any atom is 1.00 e. The summed E-state index contributed by atoms with van der Waals surface area (Å²) in [5.74, 6) is 0. The van der Waals surface area contributed by atoms with Crippen molar-refractivity contribution in [1.82, 2.24) is 0 Å². The van der Waals surface area contributed by atoms with Gasteiger partial charge in [-0.2, -0.15) is 0 Å². The molecule has 9 heavy (non-hydrogen) atoms. The van der Waals surface area contributed by atoms with Gasteiger partial charge in [-0.25, -0.2) is 0 Å². The topological polar surface area (TPSA) is 0 Å². The van der Waals surface area contributed by atoms with Crippen LogP contribution in [0.1, 0.15) is 0 Å². The van der Waals surface area contributed by atoms with E-state index in [1.54, 1.807) is 0 Å². The molecule has 0 rings (SSSR count). The molecule has 52 valence electrons. The van der Waals surface area contributed by atoms with Gasteiger partial charge < -0.3 is 0 Å². The van der Waals surface area contributed by atoms with Gasteiger partial charge in [-0.3, -0.25) is 0 Å². The summed E-state index contributed by atoms with van der Waals surface area (Å²) in [6, 6.07) is 0. The SMILES string of the molecule is F[P-](F)(F)(F)(F)F.[CaH2].[Li+]. The van der Waals surface area contributed by atoms with E-state index in [1.165, 1.54) is 0 Å². The minimum atomic E-state index is -10.7. The van der Waals surface area contributed by atoms with Gasteiger partial charge in [-0.15, -0.1) is 0 Å². The third-order valence-corrected chi connectivity index (χ3v) is 0. The van der Waals surface area contributed by atoms with Crippen LogP contribution in [-0.4, -0.2) is 37.7 Å². The number of hydrogen-bond acceptors (Lipinski definition) is 0. The Labute approximate surface area is 88.8 Å². The minimum Gasteiger partial charge on any atom is 1.00 e. The average molecular weight is 194 g/mol. The van der Waals surface area contributed by atoms with Crippen LogP contribution in [0.15, 0.2) is 0 Å². The Morgan fingerprint density at radius 3 is 0.667 bits per heavy atom. The zero-order valence-electron chi connectivity index (χ0n) is 3.72. The van der Waals surface area contributed by atoms with Crippen molar-refractivity contribution in [2.24, 2.45) is 0 Å². The molecule has 0 radical (unpaired) electrons. The van der Waals surface area contributed by atoms with Gasteiger partial charge >= 0.3 is 89.6 Å². The fourth-order valence-electron chi connectivity index (χ4n) is 0. The molecule has 0 saturated carbocycles. The normalized spacial score (nSPS) is 18.0. The van der Waals surface area contributed by atoms with E-state index in [0.717, 1.165) is 0 Å². The molecular weight excluding hydrogens is 192 g/mol. The van der Waals surface area contributed by atoms with Gasteiger partial charge in [0.25, 0.3) is 0 Å². The van der Waals surface area contributed by atoms with Gasteiger partial charge in [0, 0.05) is 0 Å². The van der Waals surface area contributed by atoms with Gasteiger partial charge in [0.15, 0.2) is 0 Å². The van der Waals surface area contributed by atoms with Crippen LogP contribution in [0.5, 0.6) is 0 Å². The van der Waals surface area contributed by atoms with Crippen LogP contribution in [0.4, 0.5) is 25.2 Å². The Balaban J connectivity index is -0.000000180. The van der Waals surface area contributed by atoms with E-state index < -0.39 is 7.81 Å². The van der Waals surface area contributed by atoms with Crippen LogP contribution in [0.25, 0.3) is 0 Å². The predicted octanol–water partition coefficient (Wildman–Crippen LogP) is -0.530. The zero-order valence-corrected chi connectivity index (χ0v) is 4.61. The molecule has 0 bridgehead atoms. The molecule has 0 fully saturated rings. The maximum atomic E-state index is 9.87. The van der Waals surface area contributed by atoms with Crippen LogP contribution in [0, 0.1) is 0 Å². The number of halogens is 6. The summed E-state index contributed by atoms with van der Waals surface area (Å²) >= 11 is 0. The van der Waals surface area contributed by atoms with E-state index in [2.05, 4.69) is 0 Å². The van der Waals surface area contributed by atoms with Gasteiger partial charge in [-0.1, -0.05) is 0 Å². The van der Waals surface area contributed by atoms with Crippen molar-refractivity contribution in [1.29, 1.82) is 0 Å². The Morgan fingerprint density at radius 1 is 0.667 bits per heavy atom. The van der Waals surface area contributed by atoms with Crippen LogP contribution >= 0.6 is 7.81 Å². The molecule has 0 N–H and O–H groups in total. The van der Waals surface area contributed by atoms with Crippen LogP contribution < -0.4 is 18.9 Å². The Kier molecular flexibility index (Phi) is 5.18. The molecule has 0 aliphatic rings. The number of rotatable bonds is 0. The Morgan fingerprint density at radius 2 is 0.667 bits per heavy atom. The molecule has 0 atom stereocenters. The van der Waals surface area contributed by atoms with Crippen molar-refractivity contribution in [3.05, 3.63) is 0 Å². The third kappa shape index (κ3) is 175. The second-order valence-corrected chi connectivity index (χ2v) is 2.87. The van der Waals surface area contributed by atoms with Crippen molar-refractivity contribution in [2.45, 2.75) is 0 Å². The largest absolute Gasteiger partial charge is 1.00 e. The Bertz CT molecular complexity index is 71.6. The molecule has 0 aromatic carbocycles. The van der Waals surface area contributed by atoms with Crippen molar-refractivity contribution < 1.29 is 44.0 Å². The fraction of sp³-hybridized carbons (Fsp3) is 0. The molecule has 0 nitrogen and oxygen atoms in total. The van der Waals surface area contributed by atoms with Gasteiger partial charge in [0.2, 0.25) is 0 Å². The first-order valence-electron chi connectivity index (χ1n) is 1.01. The molecule has 9 heteroatoms. The van der Waals surface area contributed by atoms with Crippen LogP contribution in [0.3, 0.4) is 0 Å². The summed E-state index contributed by atoms with van der Waals surface area (Å²) in [6.45, 7) is 0. The average Bonchev–Trinajstić information content (AvgIpc) is 0.592. The van der Waals surface area contributed by atoms with E-state index in [-0.39, 0.29) is 56.6 Å². The molecule has 0 heterocycles.